The third-order valence-electron chi connectivity index (χ3n) is 4.19. The Kier molecular flexibility index (Phi) is 4.36. The minimum absolute atomic E-state index is 0.769. The summed E-state index contributed by atoms with van der Waals surface area (Å²) in [5.41, 5.74) is 2.01. The number of fused-ring (bicyclic) bond motifs is 1. The van der Waals surface area contributed by atoms with Crippen molar-refractivity contribution in [2.75, 3.05) is 33.8 Å². The summed E-state index contributed by atoms with van der Waals surface area (Å²) in [5.74, 6) is 1.61. The number of ether oxygens (including phenoxy) is 1. The van der Waals surface area contributed by atoms with Crippen molar-refractivity contribution >= 4 is 10.9 Å². The number of rotatable bonds is 5. The highest BCUT2D eigenvalue weighted by molar-refractivity contribution is 5.84. The summed E-state index contributed by atoms with van der Waals surface area (Å²) in [5, 5.41) is 4.66. The van der Waals surface area contributed by atoms with Gasteiger partial charge in [-0.15, -0.1) is 0 Å². The molecule has 0 saturated carbocycles. The normalized spacial score (nSPS) is 19.2. The van der Waals surface area contributed by atoms with Crippen molar-refractivity contribution in [2.45, 2.75) is 13.0 Å². The van der Waals surface area contributed by atoms with Crippen molar-refractivity contribution in [3.63, 3.8) is 0 Å². The Hall–Kier alpha value is -1.65. The van der Waals surface area contributed by atoms with E-state index in [4.69, 9.17) is 9.72 Å². The van der Waals surface area contributed by atoms with Crippen LogP contribution in [0.5, 0.6) is 5.75 Å². The van der Waals surface area contributed by atoms with Crippen molar-refractivity contribution < 1.29 is 4.74 Å². The van der Waals surface area contributed by atoms with Gasteiger partial charge >= 0.3 is 0 Å². The lowest BCUT2D eigenvalue weighted by atomic mass is 10.1. The van der Waals surface area contributed by atoms with Gasteiger partial charge in [0.05, 0.1) is 12.8 Å². The lowest BCUT2D eigenvalue weighted by Crippen LogP contribution is -2.25. The second kappa shape index (κ2) is 6.41. The quantitative estimate of drug-likeness (QED) is 0.914. The number of para-hydroxylation sites is 1. The average Bonchev–Trinajstić information content (AvgIpc) is 2.92. The fourth-order valence-corrected chi connectivity index (χ4v) is 3.02. The lowest BCUT2D eigenvalue weighted by Gasteiger charge is -2.12. The van der Waals surface area contributed by atoms with E-state index in [0.29, 0.717) is 0 Å². The molecule has 1 atom stereocenters. The van der Waals surface area contributed by atoms with Crippen LogP contribution in [0.4, 0.5) is 0 Å². The maximum absolute atomic E-state index is 5.39. The fraction of sp³-hybridized carbons (Fsp3) is 0.471. The number of hydrogen-bond donors (Lipinski definition) is 1. The Bertz CT molecular complexity index is 614. The number of nitrogens with zero attached hydrogens (tertiary/aromatic N) is 2. The number of hydrogen-bond acceptors (Lipinski definition) is 4. The molecule has 1 unspecified atom stereocenters. The first-order valence-corrected chi connectivity index (χ1v) is 7.58. The van der Waals surface area contributed by atoms with Crippen LogP contribution in [-0.2, 0) is 6.54 Å². The van der Waals surface area contributed by atoms with Gasteiger partial charge in [-0.1, -0.05) is 18.2 Å². The largest absolute Gasteiger partial charge is 0.494 e. The van der Waals surface area contributed by atoms with Gasteiger partial charge in [0.1, 0.15) is 11.3 Å². The number of nitrogens with one attached hydrogen (secondary N) is 1. The molecule has 0 spiro atoms. The van der Waals surface area contributed by atoms with Crippen LogP contribution in [0.3, 0.4) is 0 Å². The predicted molar refractivity (Wildman–Crippen MR) is 85.6 cm³/mol. The third kappa shape index (κ3) is 3.34. The van der Waals surface area contributed by atoms with Crippen LogP contribution in [0.15, 0.2) is 30.3 Å². The van der Waals surface area contributed by atoms with Crippen LogP contribution in [-0.4, -0.2) is 43.7 Å². The Morgan fingerprint density at radius 2 is 2.24 bits per heavy atom. The molecule has 4 heteroatoms. The maximum atomic E-state index is 5.39. The van der Waals surface area contributed by atoms with Crippen LogP contribution in [0, 0.1) is 5.92 Å². The topological polar surface area (TPSA) is 37.4 Å². The van der Waals surface area contributed by atoms with Gasteiger partial charge in [-0.05, 0) is 44.6 Å². The van der Waals surface area contributed by atoms with E-state index >= 15 is 0 Å². The van der Waals surface area contributed by atoms with Crippen LogP contribution in [0.2, 0.25) is 0 Å². The van der Waals surface area contributed by atoms with E-state index in [9.17, 15) is 0 Å². The molecular weight excluding hydrogens is 262 g/mol. The third-order valence-corrected chi connectivity index (χ3v) is 4.19. The zero-order valence-electron chi connectivity index (χ0n) is 12.8. The van der Waals surface area contributed by atoms with Crippen LogP contribution in [0.1, 0.15) is 12.1 Å². The van der Waals surface area contributed by atoms with Crippen LogP contribution < -0.4 is 10.1 Å². The molecule has 112 valence electrons. The van der Waals surface area contributed by atoms with E-state index in [-0.39, 0.29) is 0 Å². The summed E-state index contributed by atoms with van der Waals surface area (Å²) in [6.45, 7) is 4.30. The van der Waals surface area contributed by atoms with Crippen molar-refractivity contribution in [1.29, 1.82) is 0 Å². The first-order chi connectivity index (χ1) is 10.3. The van der Waals surface area contributed by atoms with E-state index in [1.54, 1.807) is 7.11 Å². The van der Waals surface area contributed by atoms with Crippen molar-refractivity contribution in [3.8, 4) is 5.75 Å². The van der Waals surface area contributed by atoms with E-state index in [0.717, 1.165) is 41.4 Å². The summed E-state index contributed by atoms with van der Waals surface area (Å²) in [7, 11) is 3.88. The van der Waals surface area contributed by atoms with Gasteiger partial charge in [0.15, 0.2) is 0 Å². The highest BCUT2D eigenvalue weighted by Gasteiger charge is 2.18. The monoisotopic (exact) mass is 285 g/mol. The first-order valence-electron chi connectivity index (χ1n) is 7.58. The molecule has 0 amide bonds. The first kappa shape index (κ1) is 14.3. The number of aromatic nitrogens is 1. The molecule has 21 heavy (non-hydrogen) atoms. The molecule has 1 aliphatic rings. The van der Waals surface area contributed by atoms with Gasteiger partial charge in [0.25, 0.3) is 0 Å². The zero-order valence-corrected chi connectivity index (χ0v) is 12.8. The second-order valence-electron chi connectivity index (χ2n) is 5.88. The SMILES string of the molecule is COc1cccc2ccc(CNCC3CCN(C)C3)nc12. The molecule has 3 rings (SSSR count). The summed E-state index contributed by atoms with van der Waals surface area (Å²) in [6.07, 6.45) is 1.29. The van der Waals surface area contributed by atoms with Crippen molar-refractivity contribution in [1.82, 2.24) is 15.2 Å². The van der Waals surface area contributed by atoms with E-state index < -0.39 is 0 Å². The van der Waals surface area contributed by atoms with Gasteiger partial charge in [-0.3, -0.25) is 0 Å². The van der Waals surface area contributed by atoms with Crippen LogP contribution in [0.25, 0.3) is 10.9 Å². The molecule has 2 heterocycles. The molecule has 2 aromatic rings. The number of benzene rings is 1. The Labute approximate surface area is 126 Å². The van der Waals surface area contributed by atoms with Gasteiger partial charge in [0, 0.05) is 18.5 Å². The molecular formula is C17H23N3O. The zero-order chi connectivity index (χ0) is 14.7. The summed E-state index contributed by atoms with van der Waals surface area (Å²) >= 11 is 0. The standard InChI is InChI=1S/C17H23N3O/c1-20-9-8-13(12-20)10-18-11-15-7-6-14-4-3-5-16(21-2)17(14)19-15/h3-7,13,18H,8-12H2,1-2H3. The Balaban J connectivity index is 1.64. The Morgan fingerprint density at radius 1 is 1.33 bits per heavy atom. The minimum Gasteiger partial charge on any atom is -0.494 e. The molecule has 0 aliphatic carbocycles. The van der Waals surface area contributed by atoms with Gasteiger partial charge < -0.3 is 15.0 Å². The number of likely N-dealkylation sites (tertiary alicyclic amines) is 1. The number of methoxy groups -OCH3 is 1. The summed E-state index contributed by atoms with van der Waals surface area (Å²) < 4.78 is 5.39. The molecule has 1 fully saturated rings. The van der Waals surface area contributed by atoms with Crippen molar-refractivity contribution in [2.24, 2.45) is 5.92 Å². The fourth-order valence-electron chi connectivity index (χ4n) is 3.02. The van der Waals surface area contributed by atoms with Gasteiger partial charge in [0.2, 0.25) is 0 Å². The molecule has 1 aromatic heterocycles. The molecule has 0 radical (unpaired) electrons. The molecule has 0 bridgehead atoms. The second-order valence-corrected chi connectivity index (χ2v) is 5.88. The molecule has 1 aromatic carbocycles. The summed E-state index contributed by atoms with van der Waals surface area (Å²) in [6, 6.07) is 10.2. The predicted octanol–water partition coefficient (Wildman–Crippen LogP) is 2.28. The molecule has 4 nitrogen and oxygen atoms in total. The lowest BCUT2D eigenvalue weighted by molar-refractivity contribution is 0.388. The Morgan fingerprint density at radius 3 is 3.00 bits per heavy atom. The van der Waals surface area contributed by atoms with Crippen molar-refractivity contribution in [3.05, 3.63) is 36.0 Å². The van der Waals surface area contributed by atoms with Crippen LogP contribution >= 0.6 is 0 Å². The average molecular weight is 285 g/mol. The molecule has 1 saturated heterocycles. The molecule has 1 aliphatic heterocycles. The van der Waals surface area contributed by atoms with Gasteiger partial charge in [-0.25, -0.2) is 4.98 Å². The number of pyridine rings is 1. The van der Waals surface area contributed by atoms with E-state index in [2.05, 4.69) is 35.5 Å². The summed E-state index contributed by atoms with van der Waals surface area (Å²) in [4.78, 5) is 7.12. The minimum atomic E-state index is 0.769. The highest BCUT2D eigenvalue weighted by atomic mass is 16.5. The van der Waals surface area contributed by atoms with E-state index in [1.165, 1.54) is 19.5 Å². The molecule has 1 N–H and O–H groups in total. The maximum Gasteiger partial charge on any atom is 0.145 e. The van der Waals surface area contributed by atoms with E-state index in [1.807, 2.05) is 12.1 Å². The smallest absolute Gasteiger partial charge is 0.145 e. The highest BCUT2D eigenvalue weighted by Crippen LogP contribution is 2.23. The van der Waals surface area contributed by atoms with Gasteiger partial charge in [-0.2, -0.15) is 0 Å².